The summed E-state index contributed by atoms with van der Waals surface area (Å²) in [5.74, 6) is 1.23. The van der Waals surface area contributed by atoms with Gasteiger partial charge in [0.25, 0.3) is 0 Å². The second-order valence-corrected chi connectivity index (χ2v) is 6.45. The Kier molecular flexibility index (Phi) is 6.25. The van der Waals surface area contributed by atoms with Crippen molar-refractivity contribution >= 4 is 17.3 Å². The van der Waals surface area contributed by atoms with E-state index < -0.39 is 0 Å². The number of nitrogens with zero attached hydrogens (tertiary/aromatic N) is 1. The fourth-order valence-electron chi connectivity index (χ4n) is 2.65. The van der Waals surface area contributed by atoms with Crippen LogP contribution in [0.5, 0.6) is 5.75 Å². The molecule has 0 radical (unpaired) electrons. The van der Waals surface area contributed by atoms with E-state index in [1.807, 2.05) is 12.3 Å². The predicted molar refractivity (Wildman–Crippen MR) is 97.5 cm³/mol. The molecule has 0 atom stereocenters. The monoisotopic (exact) mass is 363 g/mol. The molecule has 1 aliphatic rings. The van der Waals surface area contributed by atoms with E-state index in [0.29, 0.717) is 26.1 Å². The van der Waals surface area contributed by atoms with Gasteiger partial charge in [-0.15, -0.1) is 0 Å². The fourth-order valence-corrected chi connectivity index (χ4v) is 3.31. The average molecular weight is 363 g/mol. The standard InChI is InChI=1S/C18H22FN3O2S/c1-2-20-18(22-9-13-4-6-25-11-13)21-5-3-14-7-16(19)8-15-10-23-12-24-17(14)15/h4,6-8,11H,2-3,5,9-10,12H2,1H3,(H2,20,21,22). The molecule has 134 valence electrons. The number of aliphatic imine (C=N–C) groups is 1. The van der Waals surface area contributed by atoms with Crippen LogP contribution in [0.15, 0.2) is 34.0 Å². The molecule has 0 unspecified atom stereocenters. The SMILES string of the molecule is CCNC(=NCc1ccsc1)NCCc1cc(F)cc2c1OCOC2. The van der Waals surface area contributed by atoms with Gasteiger partial charge in [0.1, 0.15) is 11.6 Å². The summed E-state index contributed by atoms with van der Waals surface area (Å²) in [5.41, 5.74) is 2.80. The molecule has 0 fully saturated rings. The summed E-state index contributed by atoms with van der Waals surface area (Å²) in [6.45, 7) is 4.68. The number of nitrogens with one attached hydrogen (secondary N) is 2. The van der Waals surface area contributed by atoms with Gasteiger partial charge >= 0.3 is 0 Å². The van der Waals surface area contributed by atoms with Gasteiger partial charge in [-0.1, -0.05) is 0 Å². The quantitative estimate of drug-likeness (QED) is 0.612. The minimum Gasteiger partial charge on any atom is -0.467 e. The van der Waals surface area contributed by atoms with E-state index in [0.717, 1.165) is 29.4 Å². The normalized spacial score (nSPS) is 13.9. The summed E-state index contributed by atoms with van der Waals surface area (Å²) >= 11 is 1.66. The van der Waals surface area contributed by atoms with Crippen LogP contribution in [0.3, 0.4) is 0 Å². The van der Waals surface area contributed by atoms with Crippen molar-refractivity contribution in [2.24, 2.45) is 4.99 Å². The Hall–Kier alpha value is -2.12. The Labute approximate surface area is 150 Å². The summed E-state index contributed by atoms with van der Waals surface area (Å²) in [6, 6.07) is 5.06. The van der Waals surface area contributed by atoms with Crippen LogP contribution in [-0.4, -0.2) is 25.8 Å². The smallest absolute Gasteiger partial charge is 0.191 e. The number of hydrogen-bond acceptors (Lipinski definition) is 4. The number of halogens is 1. The molecule has 7 heteroatoms. The van der Waals surface area contributed by atoms with Crippen LogP contribution in [0.25, 0.3) is 0 Å². The molecule has 2 heterocycles. The molecule has 2 aromatic rings. The third kappa shape index (κ3) is 4.93. The molecule has 3 rings (SSSR count). The molecule has 0 aliphatic carbocycles. The van der Waals surface area contributed by atoms with E-state index in [1.54, 1.807) is 11.3 Å². The van der Waals surface area contributed by atoms with Crippen molar-refractivity contribution in [3.05, 3.63) is 51.5 Å². The molecule has 0 amide bonds. The van der Waals surface area contributed by atoms with Gasteiger partial charge in [-0.3, -0.25) is 0 Å². The van der Waals surface area contributed by atoms with Crippen molar-refractivity contribution in [2.75, 3.05) is 19.9 Å². The number of fused-ring (bicyclic) bond motifs is 1. The van der Waals surface area contributed by atoms with Gasteiger partial charge in [-0.2, -0.15) is 11.3 Å². The topological polar surface area (TPSA) is 54.9 Å². The van der Waals surface area contributed by atoms with Crippen LogP contribution in [0.4, 0.5) is 4.39 Å². The molecule has 1 aromatic heterocycles. The molecule has 5 nitrogen and oxygen atoms in total. The summed E-state index contributed by atoms with van der Waals surface area (Å²) in [5, 5.41) is 10.6. The lowest BCUT2D eigenvalue weighted by Gasteiger charge is -2.21. The number of thiophene rings is 1. The van der Waals surface area contributed by atoms with Crippen molar-refractivity contribution in [1.29, 1.82) is 0 Å². The minimum absolute atomic E-state index is 0.212. The highest BCUT2D eigenvalue weighted by Gasteiger charge is 2.16. The van der Waals surface area contributed by atoms with Crippen molar-refractivity contribution in [3.8, 4) is 5.75 Å². The van der Waals surface area contributed by atoms with Crippen molar-refractivity contribution in [2.45, 2.75) is 26.5 Å². The Bertz CT molecular complexity index is 719. The Morgan fingerprint density at radius 2 is 2.28 bits per heavy atom. The van der Waals surface area contributed by atoms with Crippen LogP contribution in [0.2, 0.25) is 0 Å². The van der Waals surface area contributed by atoms with Crippen LogP contribution < -0.4 is 15.4 Å². The largest absolute Gasteiger partial charge is 0.467 e. The molecule has 0 spiro atoms. The summed E-state index contributed by atoms with van der Waals surface area (Å²) in [4.78, 5) is 4.57. The minimum atomic E-state index is -0.263. The summed E-state index contributed by atoms with van der Waals surface area (Å²) in [7, 11) is 0. The summed E-state index contributed by atoms with van der Waals surface area (Å²) in [6.07, 6.45) is 0.642. The van der Waals surface area contributed by atoms with E-state index in [2.05, 4.69) is 27.1 Å². The lowest BCUT2D eigenvalue weighted by atomic mass is 10.1. The summed E-state index contributed by atoms with van der Waals surface area (Å²) < 4.78 is 24.5. The first-order chi connectivity index (χ1) is 12.3. The van der Waals surface area contributed by atoms with Gasteiger partial charge in [-0.25, -0.2) is 9.38 Å². The number of hydrogen-bond donors (Lipinski definition) is 2. The Morgan fingerprint density at radius 1 is 1.36 bits per heavy atom. The first kappa shape index (κ1) is 17.7. The second kappa shape index (κ2) is 8.82. The fraction of sp³-hybridized carbons (Fsp3) is 0.389. The zero-order valence-electron chi connectivity index (χ0n) is 14.2. The van der Waals surface area contributed by atoms with Gasteiger partial charge in [0.05, 0.1) is 13.2 Å². The van der Waals surface area contributed by atoms with Crippen LogP contribution >= 0.6 is 11.3 Å². The van der Waals surface area contributed by atoms with Gasteiger partial charge in [-0.05, 0) is 53.4 Å². The van der Waals surface area contributed by atoms with Gasteiger partial charge in [0.15, 0.2) is 12.8 Å². The molecule has 0 bridgehead atoms. The van der Waals surface area contributed by atoms with E-state index in [1.165, 1.54) is 17.7 Å². The van der Waals surface area contributed by atoms with Gasteiger partial charge < -0.3 is 20.1 Å². The third-order valence-electron chi connectivity index (χ3n) is 3.78. The predicted octanol–water partition coefficient (Wildman–Crippen LogP) is 3.05. The maximum atomic E-state index is 13.8. The van der Waals surface area contributed by atoms with Crippen molar-refractivity contribution in [3.63, 3.8) is 0 Å². The lowest BCUT2D eigenvalue weighted by molar-refractivity contribution is -0.0172. The van der Waals surface area contributed by atoms with Crippen LogP contribution in [0, 0.1) is 5.82 Å². The van der Waals surface area contributed by atoms with Crippen LogP contribution in [-0.2, 0) is 24.3 Å². The molecule has 1 aromatic carbocycles. The first-order valence-electron chi connectivity index (χ1n) is 8.31. The first-order valence-corrected chi connectivity index (χ1v) is 9.25. The van der Waals surface area contributed by atoms with Crippen LogP contribution in [0.1, 0.15) is 23.6 Å². The molecule has 2 N–H and O–H groups in total. The Morgan fingerprint density at radius 3 is 3.08 bits per heavy atom. The zero-order chi connectivity index (χ0) is 17.5. The average Bonchev–Trinajstić information content (AvgIpc) is 3.13. The number of ether oxygens (including phenoxy) is 2. The molecule has 1 aliphatic heterocycles. The highest BCUT2D eigenvalue weighted by atomic mass is 32.1. The number of benzene rings is 1. The maximum Gasteiger partial charge on any atom is 0.191 e. The van der Waals surface area contributed by atoms with E-state index in [-0.39, 0.29) is 12.6 Å². The molecule has 25 heavy (non-hydrogen) atoms. The number of guanidine groups is 1. The molecule has 0 saturated heterocycles. The van der Waals surface area contributed by atoms with E-state index >= 15 is 0 Å². The number of rotatable bonds is 6. The lowest BCUT2D eigenvalue weighted by Crippen LogP contribution is -2.38. The highest BCUT2D eigenvalue weighted by Crippen LogP contribution is 2.29. The van der Waals surface area contributed by atoms with E-state index in [4.69, 9.17) is 9.47 Å². The second-order valence-electron chi connectivity index (χ2n) is 5.67. The van der Waals surface area contributed by atoms with Crippen molar-refractivity contribution < 1.29 is 13.9 Å². The highest BCUT2D eigenvalue weighted by molar-refractivity contribution is 7.07. The van der Waals surface area contributed by atoms with E-state index in [9.17, 15) is 4.39 Å². The molecular formula is C18H22FN3O2S. The molecule has 0 saturated carbocycles. The van der Waals surface area contributed by atoms with Gasteiger partial charge in [0.2, 0.25) is 0 Å². The van der Waals surface area contributed by atoms with Gasteiger partial charge in [0, 0.05) is 18.7 Å². The molecular weight excluding hydrogens is 341 g/mol. The Balaban J connectivity index is 1.60. The third-order valence-corrected chi connectivity index (χ3v) is 4.51. The maximum absolute atomic E-state index is 13.8. The zero-order valence-corrected chi connectivity index (χ0v) is 15.0. The van der Waals surface area contributed by atoms with Crippen molar-refractivity contribution in [1.82, 2.24) is 10.6 Å².